The summed E-state index contributed by atoms with van der Waals surface area (Å²) in [5.74, 6) is -0.889. The lowest BCUT2D eigenvalue weighted by Crippen LogP contribution is -1.99. The third-order valence-corrected chi connectivity index (χ3v) is 3.06. The van der Waals surface area contributed by atoms with Crippen LogP contribution in [0.25, 0.3) is 5.65 Å². The number of nitrogens with zero attached hydrogens (tertiary/aromatic N) is 3. The zero-order valence-corrected chi connectivity index (χ0v) is 9.82. The van der Waals surface area contributed by atoms with Crippen molar-refractivity contribution in [3.63, 3.8) is 0 Å². The second kappa shape index (κ2) is 4.19. The second-order valence-electron chi connectivity index (χ2n) is 2.74. The van der Waals surface area contributed by atoms with Crippen LogP contribution < -0.4 is 0 Å². The number of carbonyl (C=O) groups is 1. The standard InChI is InChI=1S/C8H6BrN3O2S/c9-5-1-2-6-10-11-8(12(6)3-5)15-4-7(13)14/h1-3H,4H2,(H,13,14). The molecule has 0 aromatic carbocycles. The number of thioether (sulfide) groups is 1. The van der Waals surface area contributed by atoms with Gasteiger partial charge in [-0.1, -0.05) is 11.8 Å². The van der Waals surface area contributed by atoms with Gasteiger partial charge in [0.1, 0.15) is 0 Å². The highest BCUT2D eigenvalue weighted by Crippen LogP contribution is 2.19. The summed E-state index contributed by atoms with van der Waals surface area (Å²) in [5, 5.41) is 16.9. The van der Waals surface area contributed by atoms with Crippen molar-refractivity contribution in [3.8, 4) is 0 Å². The number of aliphatic carboxylic acids is 1. The fourth-order valence-electron chi connectivity index (χ4n) is 1.07. The number of aromatic nitrogens is 3. The molecule has 0 aliphatic carbocycles. The van der Waals surface area contributed by atoms with E-state index < -0.39 is 5.97 Å². The highest BCUT2D eigenvalue weighted by molar-refractivity contribution is 9.10. The van der Waals surface area contributed by atoms with Crippen molar-refractivity contribution in [1.82, 2.24) is 14.6 Å². The van der Waals surface area contributed by atoms with Gasteiger partial charge in [0.25, 0.3) is 0 Å². The first-order valence-corrected chi connectivity index (χ1v) is 5.79. The van der Waals surface area contributed by atoms with Crippen LogP contribution in [-0.4, -0.2) is 31.4 Å². The Morgan fingerprint density at radius 1 is 1.53 bits per heavy atom. The number of fused-ring (bicyclic) bond motifs is 1. The highest BCUT2D eigenvalue weighted by Gasteiger charge is 2.07. The van der Waals surface area contributed by atoms with Crippen LogP contribution in [-0.2, 0) is 4.79 Å². The molecule has 0 radical (unpaired) electrons. The molecule has 0 bridgehead atoms. The Hall–Kier alpha value is -1.08. The van der Waals surface area contributed by atoms with Gasteiger partial charge < -0.3 is 5.11 Å². The van der Waals surface area contributed by atoms with Crippen LogP contribution >= 0.6 is 27.7 Å². The zero-order valence-electron chi connectivity index (χ0n) is 7.42. The molecule has 2 aromatic heterocycles. The highest BCUT2D eigenvalue weighted by atomic mass is 79.9. The average Bonchev–Trinajstić information content (AvgIpc) is 2.57. The number of pyridine rings is 1. The topological polar surface area (TPSA) is 67.5 Å². The summed E-state index contributed by atoms with van der Waals surface area (Å²) in [6.45, 7) is 0. The predicted molar refractivity (Wildman–Crippen MR) is 59.0 cm³/mol. The van der Waals surface area contributed by atoms with Crippen molar-refractivity contribution in [1.29, 1.82) is 0 Å². The number of hydrogen-bond donors (Lipinski definition) is 1. The molecule has 2 aromatic rings. The molecule has 0 fully saturated rings. The summed E-state index contributed by atoms with van der Waals surface area (Å²) in [6, 6.07) is 3.66. The smallest absolute Gasteiger partial charge is 0.313 e. The Labute approximate surface area is 97.6 Å². The number of carboxylic acids is 1. The van der Waals surface area contributed by atoms with E-state index >= 15 is 0 Å². The normalized spacial score (nSPS) is 10.7. The first-order chi connectivity index (χ1) is 7.16. The van der Waals surface area contributed by atoms with Crippen LogP contribution in [0.15, 0.2) is 28.0 Å². The van der Waals surface area contributed by atoms with Crippen LogP contribution in [0.4, 0.5) is 0 Å². The van der Waals surface area contributed by atoms with Crippen molar-refractivity contribution in [2.45, 2.75) is 5.16 Å². The first kappa shape index (κ1) is 10.4. The number of hydrogen-bond acceptors (Lipinski definition) is 4. The Balaban J connectivity index is 2.35. The van der Waals surface area contributed by atoms with E-state index in [-0.39, 0.29) is 5.75 Å². The van der Waals surface area contributed by atoms with Gasteiger partial charge in [0.05, 0.1) is 5.75 Å². The van der Waals surface area contributed by atoms with Crippen LogP contribution in [0.1, 0.15) is 0 Å². The van der Waals surface area contributed by atoms with E-state index in [1.165, 1.54) is 0 Å². The van der Waals surface area contributed by atoms with Gasteiger partial charge in [0.15, 0.2) is 10.8 Å². The van der Waals surface area contributed by atoms with Gasteiger partial charge in [-0.3, -0.25) is 9.20 Å². The molecule has 2 rings (SSSR count). The monoisotopic (exact) mass is 287 g/mol. The Kier molecular flexibility index (Phi) is 2.92. The molecule has 0 aliphatic rings. The van der Waals surface area contributed by atoms with Crippen molar-refractivity contribution >= 4 is 39.3 Å². The van der Waals surface area contributed by atoms with Gasteiger partial charge in [-0.2, -0.15) is 0 Å². The molecule has 0 saturated heterocycles. The van der Waals surface area contributed by atoms with Crippen LogP contribution in [0.2, 0.25) is 0 Å². The van der Waals surface area contributed by atoms with E-state index in [4.69, 9.17) is 5.11 Å². The molecule has 0 unspecified atom stereocenters. The Bertz CT molecular complexity index is 514. The fourth-order valence-corrected chi connectivity index (χ4v) is 2.04. The van der Waals surface area contributed by atoms with E-state index in [1.54, 1.807) is 10.6 Å². The maximum atomic E-state index is 10.4. The largest absolute Gasteiger partial charge is 0.481 e. The third kappa shape index (κ3) is 2.29. The van der Waals surface area contributed by atoms with Crippen LogP contribution in [0.3, 0.4) is 0 Å². The molecule has 78 valence electrons. The maximum absolute atomic E-state index is 10.4. The van der Waals surface area contributed by atoms with Crippen molar-refractivity contribution in [3.05, 3.63) is 22.8 Å². The van der Waals surface area contributed by atoms with E-state index in [0.29, 0.717) is 10.8 Å². The molecule has 0 amide bonds. The summed E-state index contributed by atoms with van der Waals surface area (Å²) >= 11 is 4.47. The van der Waals surface area contributed by atoms with Gasteiger partial charge in [-0.05, 0) is 28.1 Å². The third-order valence-electron chi connectivity index (χ3n) is 1.66. The van der Waals surface area contributed by atoms with Crippen molar-refractivity contribution < 1.29 is 9.90 Å². The lowest BCUT2D eigenvalue weighted by atomic mass is 10.5. The minimum atomic E-state index is -0.869. The molecule has 5 nitrogen and oxygen atoms in total. The average molecular weight is 288 g/mol. The van der Waals surface area contributed by atoms with Crippen LogP contribution in [0, 0.1) is 0 Å². The maximum Gasteiger partial charge on any atom is 0.313 e. The molecular weight excluding hydrogens is 282 g/mol. The summed E-state index contributed by atoms with van der Waals surface area (Å²) < 4.78 is 2.64. The van der Waals surface area contributed by atoms with Crippen molar-refractivity contribution in [2.75, 3.05) is 5.75 Å². The molecule has 7 heteroatoms. The number of carboxylic acid groups (broad SMARTS) is 1. The van der Waals surface area contributed by atoms with Crippen molar-refractivity contribution in [2.24, 2.45) is 0 Å². The van der Waals surface area contributed by atoms with Gasteiger partial charge in [-0.15, -0.1) is 10.2 Å². The molecule has 0 saturated carbocycles. The molecule has 15 heavy (non-hydrogen) atoms. The fraction of sp³-hybridized carbons (Fsp3) is 0.125. The number of halogens is 1. The quantitative estimate of drug-likeness (QED) is 0.870. The summed E-state index contributed by atoms with van der Waals surface area (Å²) in [6.07, 6.45) is 1.81. The summed E-state index contributed by atoms with van der Waals surface area (Å²) in [4.78, 5) is 10.4. The Morgan fingerprint density at radius 2 is 2.33 bits per heavy atom. The van der Waals surface area contributed by atoms with Gasteiger partial charge in [0.2, 0.25) is 0 Å². The minimum absolute atomic E-state index is 0.0205. The molecule has 0 spiro atoms. The lowest BCUT2D eigenvalue weighted by molar-refractivity contribution is -0.133. The molecule has 0 atom stereocenters. The molecule has 1 N–H and O–H groups in total. The Morgan fingerprint density at radius 3 is 3.07 bits per heavy atom. The van der Waals surface area contributed by atoms with E-state index in [2.05, 4.69) is 26.1 Å². The molecule has 0 aliphatic heterocycles. The van der Waals surface area contributed by atoms with E-state index in [1.807, 2.05) is 12.1 Å². The van der Waals surface area contributed by atoms with Gasteiger partial charge >= 0.3 is 5.97 Å². The predicted octanol–water partition coefficient (Wildman–Crippen LogP) is 1.67. The summed E-state index contributed by atoms with van der Waals surface area (Å²) in [7, 11) is 0. The van der Waals surface area contributed by atoms with Gasteiger partial charge in [0, 0.05) is 10.7 Å². The van der Waals surface area contributed by atoms with E-state index in [0.717, 1.165) is 16.2 Å². The van der Waals surface area contributed by atoms with Crippen LogP contribution in [0.5, 0.6) is 0 Å². The second-order valence-corrected chi connectivity index (χ2v) is 4.60. The van der Waals surface area contributed by atoms with E-state index in [9.17, 15) is 4.79 Å². The lowest BCUT2D eigenvalue weighted by Gasteiger charge is -1.97. The molecular formula is C8H6BrN3O2S. The first-order valence-electron chi connectivity index (χ1n) is 4.02. The molecule has 2 heterocycles. The summed E-state index contributed by atoms with van der Waals surface area (Å²) in [5.41, 5.74) is 0.700. The van der Waals surface area contributed by atoms with Gasteiger partial charge in [-0.25, -0.2) is 0 Å². The minimum Gasteiger partial charge on any atom is -0.481 e. The number of rotatable bonds is 3. The SMILES string of the molecule is O=C(O)CSc1nnc2ccc(Br)cn12. The zero-order chi connectivity index (χ0) is 10.8.